The Labute approximate surface area is 276 Å². The molecular formula is C46H26O2. The first-order valence-corrected chi connectivity index (χ1v) is 16.3. The zero-order valence-corrected chi connectivity index (χ0v) is 25.9. The molecule has 2 heteroatoms. The number of benzene rings is 7. The average Bonchev–Trinajstić information content (AvgIpc) is 3.84. The lowest BCUT2D eigenvalue weighted by atomic mass is 9.96. The van der Waals surface area contributed by atoms with E-state index in [1.54, 1.807) is 0 Å². The van der Waals surface area contributed by atoms with Gasteiger partial charge < -0.3 is 8.83 Å². The van der Waals surface area contributed by atoms with Crippen LogP contribution in [0.5, 0.6) is 0 Å². The van der Waals surface area contributed by atoms with E-state index < -0.39 is 0 Å². The highest BCUT2D eigenvalue weighted by Crippen LogP contribution is 2.47. The molecule has 2 heterocycles. The third-order valence-corrected chi connectivity index (χ3v) is 10.5. The van der Waals surface area contributed by atoms with Crippen LogP contribution in [-0.2, 0) is 0 Å². The lowest BCUT2D eigenvalue weighted by Gasteiger charge is -2.07. The summed E-state index contributed by atoms with van der Waals surface area (Å²) in [6, 6.07) is 47.7. The van der Waals surface area contributed by atoms with Crippen molar-refractivity contribution in [1.82, 2.24) is 0 Å². The third-order valence-electron chi connectivity index (χ3n) is 10.5. The zero-order valence-electron chi connectivity index (χ0n) is 25.9. The molecule has 0 fully saturated rings. The van der Waals surface area contributed by atoms with Gasteiger partial charge in [-0.2, -0.15) is 0 Å². The molecule has 0 spiro atoms. The molecule has 2 aliphatic carbocycles. The van der Waals surface area contributed by atoms with Gasteiger partial charge in [-0.1, -0.05) is 98.1 Å². The molecule has 0 bridgehead atoms. The third kappa shape index (κ3) is 3.41. The Kier molecular flexibility index (Phi) is 4.90. The molecule has 0 amide bonds. The zero-order chi connectivity index (χ0) is 31.7. The second-order valence-corrected chi connectivity index (χ2v) is 13.0. The van der Waals surface area contributed by atoms with Crippen LogP contribution in [0.15, 0.2) is 155 Å². The summed E-state index contributed by atoms with van der Waals surface area (Å²) in [5, 5.41) is 4.34. The first-order valence-electron chi connectivity index (χ1n) is 16.3. The van der Waals surface area contributed by atoms with Crippen molar-refractivity contribution in [2.45, 2.75) is 0 Å². The monoisotopic (exact) mass is 610 g/mol. The maximum absolute atomic E-state index is 6.37. The quantitative estimate of drug-likeness (QED) is 0.195. The highest BCUT2D eigenvalue weighted by atomic mass is 16.3. The summed E-state index contributed by atoms with van der Waals surface area (Å²) in [7, 11) is 0. The summed E-state index contributed by atoms with van der Waals surface area (Å²) in [4.78, 5) is 0. The van der Waals surface area contributed by atoms with Crippen molar-refractivity contribution in [1.29, 1.82) is 0 Å². The lowest BCUT2D eigenvalue weighted by molar-refractivity contribution is 0.656. The van der Waals surface area contributed by atoms with E-state index >= 15 is 0 Å². The topological polar surface area (TPSA) is 26.3 Å². The van der Waals surface area contributed by atoms with Crippen molar-refractivity contribution >= 4 is 55.0 Å². The van der Waals surface area contributed by atoms with Gasteiger partial charge in [0, 0.05) is 27.6 Å². The van der Waals surface area contributed by atoms with E-state index in [4.69, 9.17) is 8.83 Å². The van der Waals surface area contributed by atoms with E-state index in [0.29, 0.717) is 0 Å². The maximum Gasteiger partial charge on any atom is 0.139 e. The van der Waals surface area contributed by atoms with Crippen molar-refractivity contribution in [3.05, 3.63) is 169 Å². The van der Waals surface area contributed by atoms with Crippen LogP contribution in [0.25, 0.3) is 99.5 Å². The molecule has 0 N–H and O–H groups in total. The average molecular weight is 611 g/mol. The van der Waals surface area contributed by atoms with Crippen LogP contribution in [-0.4, -0.2) is 0 Å². The van der Waals surface area contributed by atoms with Gasteiger partial charge in [-0.25, -0.2) is 0 Å². The van der Waals surface area contributed by atoms with E-state index in [9.17, 15) is 0 Å². The molecule has 2 nitrogen and oxygen atoms in total. The van der Waals surface area contributed by atoms with E-state index in [-0.39, 0.29) is 0 Å². The standard InChI is InChI=1S/C46H26O2/c1-25-31-7-3-5-9-33(31)35-15-11-27(19-37(25)35)29-13-17-43-39(21-29)41-23-42-40-22-30(14-18-44(40)48-46(42)24-45(41)47-43)28-12-16-36-34-10-6-4-8-32(34)26(2)38(36)20-28/h3-24H,1-2H2. The number of hydrogen-bond acceptors (Lipinski definition) is 2. The van der Waals surface area contributed by atoms with Gasteiger partial charge in [0.25, 0.3) is 0 Å². The number of furan rings is 2. The fourth-order valence-corrected chi connectivity index (χ4v) is 8.08. The second kappa shape index (κ2) is 9.12. The molecule has 0 unspecified atom stereocenters. The summed E-state index contributed by atoms with van der Waals surface area (Å²) < 4.78 is 12.7. The van der Waals surface area contributed by atoms with Gasteiger partial charge in [0.1, 0.15) is 22.3 Å². The van der Waals surface area contributed by atoms with Gasteiger partial charge in [0.2, 0.25) is 0 Å². The minimum Gasteiger partial charge on any atom is -0.456 e. The van der Waals surface area contributed by atoms with Gasteiger partial charge in [0.05, 0.1) is 0 Å². The Morgan fingerprint density at radius 1 is 0.292 bits per heavy atom. The highest BCUT2D eigenvalue weighted by Gasteiger charge is 2.24. The molecule has 0 atom stereocenters. The molecule has 7 aromatic carbocycles. The van der Waals surface area contributed by atoms with Gasteiger partial charge in [-0.05, 0) is 120 Å². The summed E-state index contributed by atoms with van der Waals surface area (Å²) in [5.41, 5.74) is 20.0. The SMILES string of the molecule is C=C1c2ccccc2-c2ccc(-c3ccc4oc5cc6oc7ccc(-c8ccc9c(c8)C(=C)c8ccccc8-9)cc7c6cc5c4c3)cc21. The molecule has 2 aromatic heterocycles. The van der Waals surface area contributed by atoms with E-state index in [0.717, 1.165) is 66.2 Å². The Morgan fingerprint density at radius 3 is 1.15 bits per heavy atom. The van der Waals surface area contributed by atoms with Gasteiger partial charge in [0.15, 0.2) is 0 Å². The molecule has 0 aliphatic heterocycles. The van der Waals surface area contributed by atoms with Crippen LogP contribution < -0.4 is 0 Å². The fraction of sp³-hybridized carbons (Fsp3) is 0. The lowest BCUT2D eigenvalue weighted by Crippen LogP contribution is -1.83. The molecular weight excluding hydrogens is 585 g/mol. The van der Waals surface area contributed by atoms with Crippen LogP contribution in [0.3, 0.4) is 0 Å². The van der Waals surface area contributed by atoms with Gasteiger partial charge in [-0.15, -0.1) is 0 Å². The van der Waals surface area contributed by atoms with Gasteiger partial charge in [-0.3, -0.25) is 0 Å². The minimum atomic E-state index is 0.823. The largest absolute Gasteiger partial charge is 0.456 e. The van der Waals surface area contributed by atoms with Gasteiger partial charge >= 0.3 is 0 Å². The Bertz CT molecular complexity index is 2730. The molecule has 11 rings (SSSR count). The smallest absolute Gasteiger partial charge is 0.139 e. The Balaban J connectivity index is 1.03. The summed E-state index contributed by atoms with van der Waals surface area (Å²) in [5.74, 6) is 0. The van der Waals surface area contributed by atoms with E-state index in [1.807, 2.05) is 6.07 Å². The van der Waals surface area contributed by atoms with Crippen molar-refractivity contribution in [3.63, 3.8) is 0 Å². The maximum atomic E-state index is 6.37. The van der Waals surface area contributed by atoms with Crippen molar-refractivity contribution in [3.8, 4) is 44.5 Å². The second-order valence-electron chi connectivity index (χ2n) is 13.0. The van der Waals surface area contributed by atoms with Crippen LogP contribution >= 0.6 is 0 Å². The highest BCUT2D eigenvalue weighted by molar-refractivity contribution is 6.16. The Morgan fingerprint density at radius 2 is 0.667 bits per heavy atom. The fourth-order valence-electron chi connectivity index (χ4n) is 8.08. The molecule has 9 aromatic rings. The first-order chi connectivity index (χ1) is 23.6. The van der Waals surface area contributed by atoms with Crippen LogP contribution in [0.1, 0.15) is 22.3 Å². The molecule has 0 saturated heterocycles. The number of rotatable bonds is 2. The summed E-state index contributed by atoms with van der Waals surface area (Å²) >= 11 is 0. The predicted molar refractivity (Wildman–Crippen MR) is 199 cm³/mol. The van der Waals surface area contributed by atoms with Crippen LogP contribution in [0.4, 0.5) is 0 Å². The molecule has 48 heavy (non-hydrogen) atoms. The summed E-state index contributed by atoms with van der Waals surface area (Å²) in [6.07, 6.45) is 0. The molecule has 0 saturated carbocycles. The normalized spacial score (nSPS) is 13.1. The minimum absolute atomic E-state index is 0.823. The summed E-state index contributed by atoms with van der Waals surface area (Å²) in [6.45, 7) is 8.86. The van der Waals surface area contributed by atoms with Crippen molar-refractivity contribution in [2.75, 3.05) is 0 Å². The van der Waals surface area contributed by atoms with Crippen LogP contribution in [0, 0.1) is 0 Å². The van der Waals surface area contributed by atoms with E-state index in [2.05, 4.69) is 141 Å². The van der Waals surface area contributed by atoms with Crippen molar-refractivity contribution < 1.29 is 8.83 Å². The Hall–Kier alpha value is -6.38. The molecule has 2 aliphatic rings. The van der Waals surface area contributed by atoms with E-state index in [1.165, 1.54) is 55.6 Å². The van der Waals surface area contributed by atoms with Crippen molar-refractivity contribution in [2.24, 2.45) is 0 Å². The van der Waals surface area contributed by atoms with Crippen LogP contribution in [0.2, 0.25) is 0 Å². The molecule has 222 valence electrons. The first kappa shape index (κ1) is 25.8. The number of hydrogen-bond donors (Lipinski definition) is 0. The number of fused-ring (bicyclic) bond motifs is 12. The predicted octanol–water partition coefficient (Wildman–Crippen LogP) is 12.9. The molecule has 0 radical (unpaired) electrons.